The van der Waals surface area contributed by atoms with Gasteiger partial charge in [-0.05, 0) is 42.9 Å². The third kappa shape index (κ3) is 2.98. The number of likely N-dealkylation sites (tertiary alicyclic amines) is 1. The molecule has 1 saturated heterocycles. The van der Waals surface area contributed by atoms with Gasteiger partial charge in [0.15, 0.2) is 5.65 Å². The van der Waals surface area contributed by atoms with Gasteiger partial charge in [0.2, 0.25) is 0 Å². The van der Waals surface area contributed by atoms with Gasteiger partial charge < -0.3 is 10.0 Å². The molecule has 0 aromatic carbocycles. The number of aliphatic hydroxyl groups excluding tert-OH is 1. The van der Waals surface area contributed by atoms with Crippen molar-refractivity contribution in [3.8, 4) is 0 Å². The number of hydrogen-bond acceptors (Lipinski definition) is 4. The molecule has 1 aliphatic heterocycles. The van der Waals surface area contributed by atoms with E-state index in [2.05, 4.69) is 11.1 Å². The lowest BCUT2D eigenvalue weighted by atomic mass is 9.99. The Morgan fingerprint density at radius 2 is 2.10 bits per heavy atom. The third-order valence-corrected chi connectivity index (χ3v) is 6.73. The maximum absolute atomic E-state index is 13.3. The number of nitrogens with zero attached hydrogens (tertiary/aromatic N) is 4. The van der Waals surface area contributed by atoms with E-state index in [0.29, 0.717) is 30.2 Å². The molecule has 5 rings (SSSR count). The number of aromatic nitrogens is 3. The second-order valence-electron chi connectivity index (χ2n) is 8.89. The number of halogens is 2. The first-order valence-corrected chi connectivity index (χ1v) is 10.3. The van der Waals surface area contributed by atoms with Gasteiger partial charge in [-0.3, -0.25) is 13.9 Å². The minimum atomic E-state index is -2.68. The molecular weight excluding hydrogens is 394 g/mol. The predicted octanol–water partition coefficient (Wildman–Crippen LogP) is 1.63. The lowest BCUT2D eigenvalue weighted by molar-refractivity contribution is -0.138. The normalized spacial score (nSPS) is 28.0. The van der Waals surface area contributed by atoms with Gasteiger partial charge in [0.25, 0.3) is 11.8 Å². The van der Waals surface area contributed by atoms with Gasteiger partial charge in [0.1, 0.15) is 6.10 Å². The van der Waals surface area contributed by atoms with E-state index in [4.69, 9.17) is 0 Å². The van der Waals surface area contributed by atoms with Crippen LogP contribution in [0.25, 0.3) is 16.7 Å². The molecule has 4 unspecified atom stereocenters. The van der Waals surface area contributed by atoms with Crippen LogP contribution in [0.15, 0.2) is 23.0 Å². The van der Waals surface area contributed by atoms with E-state index in [1.165, 1.54) is 16.1 Å². The average Bonchev–Trinajstić information content (AvgIpc) is 3.02. The predicted molar refractivity (Wildman–Crippen MR) is 106 cm³/mol. The zero-order valence-electron chi connectivity index (χ0n) is 16.9. The molecule has 1 saturated carbocycles. The zero-order chi connectivity index (χ0) is 21.4. The highest BCUT2D eigenvalue weighted by Crippen LogP contribution is 2.49. The van der Waals surface area contributed by atoms with Crippen molar-refractivity contribution in [2.45, 2.75) is 38.3 Å². The van der Waals surface area contributed by atoms with Crippen molar-refractivity contribution in [2.24, 2.45) is 24.8 Å². The van der Waals surface area contributed by atoms with Crippen LogP contribution in [0.5, 0.6) is 0 Å². The van der Waals surface area contributed by atoms with Crippen LogP contribution in [0, 0.1) is 17.8 Å². The molecule has 0 spiro atoms. The summed E-state index contributed by atoms with van der Waals surface area (Å²) in [5.41, 5.74) is 2.58. The van der Waals surface area contributed by atoms with Gasteiger partial charge in [-0.15, -0.1) is 0 Å². The van der Waals surface area contributed by atoms with E-state index in [0.717, 1.165) is 17.7 Å². The fraction of sp³-hybridized carbons (Fsp3) is 0.571. The molecule has 160 valence electrons. The lowest BCUT2D eigenvalue weighted by Crippen LogP contribution is -2.36. The van der Waals surface area contributed by atoms with Crippen LogP contribution in [-0.4, -0.2) is 55.1 Å². The summed E-state index contributed by atoms with van der Waals surface area (Å²) in [4.78, 5) is 31.0. The summed E-state index contributed by atoms with van der Waals surface area (Å²) < 4.78 is 29.5. The van der Waals surface area contributed by atoms with Gasteiger partial charge in [0.05, 0.1) is 11.2 Å². The van der Waals surface area contributed by atoms with Crippen LogP contribution in [0.2, 0.25) is 0 Å². The van der Waals surface area contributed by atoms with Gasteiger partial charge in [-0.2, -0.15) is 0 Å². The quantitative estimate of drug-likeness (QED) is 0.819. The first-order chi connectivity index (χ1) is 14.2. The summed E-state index contributed by atoms with van der Waals surface area (Å²) in [5, 5.41) is 9.52. The van der Waals surface area contributed by atoms with Gasteiger partial charge >= 0.3 is 5.69 Å². The van der Waals surface area contributed by atoms with E-state index < -0.39 is 17.9 Å². The molecule has 2 fully saturated rings. The minimum absolute atomic E-state index is 0.00415. The Morgan fingerprint density at radius 3 is 2.73 bits per heavy atom. The summed E-state index contributed by atoms with van der Waals surface area (Å²) in [6.07, 6.45) is 1.74. The fourth-order valence-electron chi connectivity index (χ4n) is 4.86. The maximum Gasteiger partial charge on any atom is 0.330 e. The number of carbonyl (C=O) groups excluding carboxylic acids is 1. The molecule has 2 aliphatic carbocycles. The maximum atomic E-state index is 13.3. The number of imidazole rings is 1. The standard InChI is InChI=1S/C21H24F2N4O3/c1-11(28)19(29)26-8-13-5-12(6-14(13)9-26)16-3-4-17-18(24-16)25(2)20(30)27(17)10-15-7-21(15,22)23/h3-5,11,13-15,28H,6-10H2,1-2H3. The van der Waals surface area contributed by atoms with Crippen molar-refractivity contribution >= 4 is 22.6 Å². The van der Waals surface area contributed by atoms with Crippen molar-refractivity contribution < 1.29 is 18.7 Å². The van der Waals surface area contributed by atoms with Crippen LogP contribution < -0.4 is 5.69 Å². The summed E-state index contributed by atoms with van der Waals surface area (Å²) in [7, 11) is 1.61. The molecule has 3 heterocycles. The highest BCUT2D eigenvalue weighted by molar-refractivity contribution is 5.81. The van der Waals surface area contributed by atoms with Crippen molar-refractivity contribution in [3.63, 3.8) is 0 Å². The molecule has 2 aromatic heterocycles. The number of hydrogen-bond donors (Lipinski definition) is 1. The molecule has 2 aromatic rings. The van der Waals surface area contributed by atoms with Crippen LogP contribution in [-0.2, 0) is 18.4 Å². The number of aliphatic hydroxyl groups is 1. The van der Waals surface area contributed by atoms with Crippen molar-refractivity contribution in [1.82, 2.24) is 19.0 Å². The van der Waals surface area contributed by atoms with Gasteiger partial charge in [-0.25, -0.2) is 18.6 Å². The van der Waals surface area contributed by atoms with Crippen LogP contribution in [0.4, 0.5) is 8.78 Å². The van der Waals surface area contributed by atoms with Crippen LogP contribution in [0.3, 0.4) is 0 Å². The number of allylic oxidation sites excluding steroid dienone is 1. The number of pyridine rings is 1. The second-order valence-corrected chi connectivity index (χ2v) is 8.89. The molecule has 7 nitrogen and oxygen atoms in total. The lowest BCUT2D eigenvalue weighted by Gasteiger charge is -2.18. The van der Waals surface area contributed by atoms with Crippen molar-refractivity contribution in [2.75, 3.05) is 13.1 Å². The molecule has 30 heavy (non-hydrogen) atoms. The Balaban J connectivity index is 1.40. The van der Waals surface area contributed by atoms with Crippen LogP contribution in [0.1, 0.15) is 25.5 Å². The van der Waals surface area contributed by atoms with Crippen molar-refractivity contribution in [3.05, 3.63) is 34.4 Å². The zero-order valence-corrected chi connectivity index (χ0v) is 16.9. The molecule has 1 N–H and O–H groups in total. The Labute approximate surface area is 171 Å². The summed E-state index contributed by atoms with van der Waals surface area (Å²) >= 11 is 0. The first kappa shape index (κ1) is 19.4. The third-order valence-electron chi connectivity index (χ3n) is 6.73. The number of rotatable bonds is 4. The number of alkyl halides is 2. The summed E-state index contributed by atoms with van der Waals surface area (Å²) in [5.74, 6) is -3.18. The van der Waals surface area contributed by atoms with E-state index >= 15 is 0 Å². The summed E-state index contributed by atoms with van der Waals surface area (Å²) in [6, 6.07) is 3.63. The molecule has 1 amide bonds. The molecule has 9 heteroatoms. The SMILES string of the molecule is CC(O)C(=O)N1CC2C=C(c3ccc4c(n3)n(C)c(=O)n4CC3CC3(F)F)CC2C1. The van der Waals surface area contributed by atoms with Gasteiger partial charge in [0, 0.05) is 39.0 Å². The number of carbonyl (C=O) groups is 1. The smallest absolute Gasteiger partial charge is 0.330 e. The molecule has 0 bridgehead atoms. The minimum Gasteiger partial charge on any atom is -0.384 e. The first-order valence-electron chi connectivity index (χ1n) is 10.3. The van der Waals surface area contributed by atoms with Crippen LogP contribution >= 0.6 is 0 Å². The van der Waals surface area contributed by atoms with Gasteiger partial charge in [-0.1, -0.05) is 6.08 Å². The van der Waals surface area contributed by atoms with E-state index in [1.54, 1.807) is 18.0 Å². The number of amides is 1. The highest BCUT2D eigenvalue weighted by Gasteiger charge is 2.57. The Morgan fingerprint density at radius 1 is 1.37 bits per heavy atom. The average molecular weight is 418 g/mol. The Bertz CT molecular complexity index is 1130. The fourth-order valence-corrected chi connectivity index (χ4v) is 4.86. The second kappa shape index (κ2) is 6.47. The number of aryl methyl sites for hydroxylation is 1. The Kier molecular flexibility index (Phi) is 4.19. The Hall–Kier alpha value is -2.55. The molecule has 4 atom stereocenters. The van der Waals surface area contributed by atoms with E-state index in [1.807, 2.05) is 6.07 Å². The summed E-state index contributed by atoms with van der Waals surface area (Å²) in [6.45, 7) is 2.69. The largest absolute Gasteiger partial charge is 0.384 e. The molecule has 0 radical (unpaired) electrons. The number of fused-ring (bicyclic) bond motifs is 2. The van der Waals surface area contributed by atoms with E-state index in [9.17, 15) is 23.5 Å². The molecule has 3 aliphatic rings. The topological polar surface area (TPSA) is 80.4 Å². The van der Waals surface area contributed by atoms with Crippen molar-refractivity contribution in [1.29, 1.82) is 0 Å². The monoisotopic (exact) mass is 418 g/mol. The molecular formula is C21H24F2N4O3. The van der Waals surface area contributed by atoms with E-state index in [-0.39, 0.29) is 30.5 Å². The highest BCUT2D eigenvalue weighted by atomic mass is 19.3.